The van der Waals surface area contributed by atoms with Gasteiger partial charge >= 0.3 is 0 Å². The molecule has 6 nitrogen and oxygen atoms in total. The lowest BCUT2D eigenvalue weighted by molar-refractivity contribution is -0.117. The van der Waals surface area contributed by atoms with Crippen molar-refractivity contribution in [2.75, 3.05) is 25.5 Å². The van der Waals surface area contributed by atoms with Crippen molar-refractivity contribution in [3.63, 3.8) is 0 Å². The van der Waals surface area contributed by atoms with Gasteiger partial charge in [-0.1, -0.05) is 18.2 Å². The topological polar surface area (TPSA) is 68.2 Å². The molecule has 1 aliphatic rings. The molecule has 6 heteroatoms. The Balaban J connectivity index is 1.69. The molecule has 4 rings (SSSR count). The number of anilines is 1. The summed E-state index contributed by atoms with van der Waals surface area (Å²) in [6.07, 6.45) is 4.16. The van der Waals surface area contributed by atoms with E-state index in [4.69, 9.17) is 4.74 Å². The molecule has 0 bridgehead atoms. The molecule has 0 spiro atoms. The number of ether oxygens (including phenoxy) is 1. The van der Waals surface area contributed by atoms with Gasteiger partial charge in [-0.3, -0.25) is 4.79 Å². The summed E-state index contributed by atoms with van der Waals surface area (Å²) < 4.78 is 7.78. The first kappa shape index (κ1) is 17.1. The summed E-state index contributed by atoms with van der Waals surface area (Å²) in [6, 6.07) is 12.3. The molecule has 3 heterocycles. The van der Waals surface area contributed by atoms with Crippen molar-refractivity contribution in [1.29, 1.82) is 0 Å². The smallest absolute Gasteiger partial charge is 0.247 e. The van der Waals surface area contributed by atoms with Gasteiger partial charge in [-0.2, -0.15) is 0 Å². The molecule has 2 aromatic heterocycles. The molecule has 0 fully saturated rings. The molecule has 0 radical (unpaired) electrons. The highest BCUT2D eigenvalue weighted by Crippen LogP contribution is 2.27. The van der Waals surface area contributed by atoms with Crippen LogP contribution in [0.1, 0.15) is 11.3 Å². The Morgan fingerprint density at radius 2 is 2.22 bits per heavy atom. The number of nitrogens with zero attached hydrogens (tertiary/aromatic N) is 2. The summed E-state index contributed by atoms with van der Waals surface area (Å²) in [5.41, 5.74) is 3.75. The van der Waals surface area contributed by atoms with Crippen molar-refractivity contribution in [3.8, 4) is 5.75 Å². The van der Waals surface area contributed by atoms with E-state index in [-0.39, 0.29) is 5.91 Å². The zero-order valence-corrected chi connectivity index (χ0v) is 15.5. The van der Waals surface area contributed by atoms with Gasteiger partial charge in [0, 0.05) is 43.5 Å². The van der Waals surface area contributed by atoms with Crippen LogP contribution in [0.15, 0.2) is 48.2 Å². The van der Waals surface area contributed by atoms with Crippen molar-refractivity contribution in [3.05, 3.63) is 59.4 Å². The summed E-state index contributed by atoms with van der Waals surface area (Å²) in [5, 5.41) is 7.11. The predicted octanol–water partition coefficient (Wildman–Crippen LogP) is 2.75. The Hall–Kier alpha value is -3.28. The Bertz CT molecular complexity index is 1040. The summed E-state index contributed by atoms with van der Waals surface area (Å²) in [4.78, 5) is 16.9. The number of carbonyl (C=O) groups excluding carboxylic acids is 1. The number of nitrogens with one attached hydrogen (secondary N) is 2. The third-order valence-electron chi connectivity index (χ3n) is 4.81. The zero-order chi connectivity index (χ0) is 18.8. The average Bonchev–Trinajstić information content (AvgIpc) is 3.02. The van der Waals surface area contributed by atoms with Crippen molar-refractivity contribution in [1.82, 2.24) is 14.9 Å². The monoisotopic (exact) mass is 362 g/mol. The van der Waals surface area contributed by atoms with E-state index in [1.54, 1.807) is 13.2 Å². The van der Waals surface area contributed by atoms with Crippen molar-refractivity contribution in [2.45, 2.75) is 6.42 Å². The number of hydrogen-bond acceptors (Lipinski definition) is 4. The van der Waals surface area contributed by atoms with Crippen LogP contribution >= 0.6 is 0 Å². The Labute approximate surface area is 157 Å². The molecular formula is C21H22N4O2. The third-order valence-corrected chi connectivity index (χ3v) is 4.81. The molecule has 1 aliphatic heterocycles. The summed E-state index contributed by atoms with van der Waals surface area (Å²) in [6.45, 7) is 1.36. The van der Waals surface area contributed by atoms with Crippen LogP contribution in [0, 0.1) is 0 Å². The van der Waals surface area contributed by atoms with Gasteiger partial charge in [0.05, 0.1) is 6.54 Å². The minimum atomic E-state index is -0.1000. The van der Waals surface area contributed by atoms with E-state index in [2.05, 4.69) is 38.4 Å². The maximum absolute atomic E-state index is 12.5. The van der Waals surface area contributed by atoms with Gasteiger partial charge in [-0.15, -0.1) is 0 Å². The van der Waals surface area contributed by atoms with Crippen molar-refractivity contribution < 1.29 is 9.53 Å². The fourth-order valence-corrected chi connectivity index (χ4v) is 3.38. The molecule has 27 heavy (non-hydrogen) atoms. The second-order valence-corrected chi connectivity index (χ2v) is 6.57. The Morgan fingerprint density at radius 3 is 3.04 bits per heavy atom. The van der Waals surface area contributed by atoms with Gasteiger partial charge in [0.2, 0.25) is 5.91 Å². The highest BCUT2D eigenvalue weighted by Gasteiger charge is 2.15. The lowest BCUT2D eigenvalue weighted by Gasteiger charge is -2.18. The molecule has 3 aromatic rings. The normalized spacial score (nSPS) is 13.6. The number of hydrogen-bond donors (Lipinski definition) is 2. The first-order valence-electron chi connectivity index (χ1n) is 8.98. The van der Waals surface area contributed by atoms with E-state index in [0.717, 1.165) is 34.9 Å². The number of amides is 1. The second kappa shape index (κ2) is 7.15. The van der Waals surface area contributed by atoms with Crippen LogP contribution in [0.3, 0.4) is 0 Å². The number of aromatic nitrogens is 2. The van der Waals surface area contributed by atoms with E-state index < -0.39 is 0 Å². The number of pyridine rings is 1. The number of aryl methyl sites for hydroxylation is 1. The predicted molar refractivity (Wildman–Crippen MR) is 107 cm³/mol. The minimum absolute atomic E-state index is 0.1000. The van der Waals surface area contributed by atoms with E-state index in [9.17, 15) is 4.79 Å². The van der Waals surface area contributed by atoms with Crippen LogP contribution in [0.2, 0.25) is 0 Å². The van der Waals surface area contributed by atoms with Gasteiger partial charge in [-0.05, 0) is 35.2 Å². The number of carbonyl (C=O) groups is 1. The molecule has 2 N–H and O–H groups in total. The Morgan fingerprint density at radius 1 is 1.37 bits per heavy atom. The third kappa shape index (κ3) is 3.38. The van der Waals surface area contributed by atoms with Crippen LogP contribution in [-0.4, -0.2) is 35.7 Å². The number of likely N-dealkylation sites (N-methyl/N-ethyl adjacent to an activating group) is 1. The lowest BCUT2D eigenvalue weighted by Crippen LogP contribution is -2.22. The summed E-state index contributed by atoms with van der Waals surface area (Å²) >= 11 is 0. The van der Waals surface area contributed by atoms with E-state index in [0.29, 0.717) is 18.6 Å². The standard InChI is InChI=1S/C21H22N4O2/c1-22-21(26)16(9-14-10-19-20(24-13-14)23-7-8-27-19)12-17-11-15-5-3-4-6-18(15)25(17)2/h3-6,9-11,13H,7-8,12H2,1-2H3,(H,22,26)(H,23,24). The number of benzene rings is 1. The van der Waals surface area contributed by atoms with Crippen molar-refractivity contribution in [2.24, 2.45) is 7.05 Å². The summed E-state index contributed by atoms with van der Waals surface area (Å²) in [5.74, 6) is 1.36. The highest BCUT2D eigenvalue weighted by molar-refractivity contribution is 5.98. The fourth-order valence-electron chi connectivity index (χ4n) is 3.38. The SMILES string of the molecule is CNC(=O)C(=Cc1cnc2c(c1)OCCN2)Cc1cc2ccccc2n1C. The quantitative estimate of drug-likeness (QED) is 0.701. The number of rotatable bonds is 4. The Kier molecular flexibility index (Phi) is 4.54. The number of para-hydroxylation sites is 1. The van der Waals surface area contributed by atoms with E-state index >= 15 is 0 Å². The summed E-state index contributed by atoms with van der Waals surface area (Å²) in [7, 11) is 3.68. The largest absolute Gasteiger partial charge is 0.488 e. The number of fused-ring (bicyclic) bond motifs is 2. The van der Waals surface area contributed by atoms with Gasteiger partial charge in [0.15, 0.2) is 11.6 Å². The molecule has 1 amide bonds. The fraction of sp³-hybridized carbons (Fsp3) is 0.238. The molecule has 0 saturated carbocycles. The van der Waals surface area contributed by atoms with Crippen LogP contribution in [-0.2, 0) is 18.3 Å². The molecule has 0 saturated heterocycles. The second-order valence-electron chi connectivity index (χ2n) is 6.57. The van der Waals surface area contributed by atoms with E-state index in [1.807, 2.05) is 31.3 Å². The van der Waals surface area contributed by atoms with Crippen LogP contribution in [0.5, 0.6) is 5.75 Å². The maximum Gasteiger partial charge on any atom is 0.247 e. The molecule has 0 atom stereocenters. The average molecular weight is 362 g/mol. The molecule has 1 aromatic carbocycles. The molecule has 0 aliphatic carbocycles. The zero-order valence-electron chi connectivity index (χ0n) is 15.5. The van der Waals surface area contributed by atoms with Crippen LogP contribution in [0.25, 0.3) is 17.0 Å². The maximum atomic E-state index is 12.5. The first-order chi connectivity index (χ1) is 13.2. The van der Waals surface area contributed by atoms with Gasteiger partial charge in [-0.25, -0.2) is 4.98 Å². The lowest BCUT2D eigenvalue weighted by atomic mass is 10.1. The van der Waals surface area contributed by atoms with Gasteiger partial charge < -0.3 is 19.9 Å². The van der Waals surface area contributed by atoms with Crippen LogP contribution in [0.4, 0.5) is 5.82 Å². The molecular weight excluding hydrogens is 340 g/mol. The van der Waals surface area contributed by atoms with Crippen molar-refractivity contribution >= 4 is 28.7 Å². The molecule has 0 unspecified atom stereocenters. The highest BCUT2D eigenvalue weighted by atomic mass is 16.5. The van der Waals surface area contributed by atoms with Crippen LogP contribution < -0.4 is 15.4 Å². The molecule has 138 valence electrons. The van der Waals surface area contributed by atoms with Gasteiger partial charge in [0.1, 0.15) is 6.61 Å². The van der Waals surface area contributed by atoms with Gasteiger partial charge in [0.25, 0.3) is 0 Å². The first-order valence-corrected chi connectivity index (χ1v) is 8.98. The van der Waals surface area contributed by atoms with E-state index in [1.165, 1.54) is 5.39 Å². The minimum Gasteiger partial charge on any atom is -0.488 e.